The third-order valence-corrected chi connectivity index (χ3v) is 2.59. The van der Waals surface area contributed by atoms with Gasteiger partial charge in [0.15, 0.2) is 5.75 Å². The van der Waals surface area contributed by atoms with Crippen LogP contribution < -0.4 is 4.74 Å². The summed E-state index contributed by atoms with van der Waals surface area (Å²) in [6.07, 6.45) is 0.800. The van der Waals surface area contributed by atoms with E-state index >= 15 is 0 Å². The van der Waals surface area contributed by atoms with E-state index in [1.165, 1.54) is 0 Å². The maximum Gasteiger partial charge on any atom is 0.225 e. The number of aromatic nitrogens is 3. The third-order valence-electron chi connectivity index (χ3n) is 2.42. The van der Waals surface area contributed by atoms with Gasteiger partial charge in [0, 0.05) is 17.5 Å². The predicted octanol–water partition coefficient (Wildman–Crippen LogP) is 3.50. The van der Waals surface area contributed by atoms with Crippen LogP contribution in [0.1, 0.15) is 24.0 Å². The summed E-state index contributed by atoms with van der Waals surface area (Å²) in [5.41, 5.74) is 2.64. The molecule has 0 saturated heterocycles. The van der Waals surface area contributed by atoms with Crippen molar-refractivity contribution in [3.63, 3.8) is 0 Å². The first-order valence-electron chi connectivity index (χ1n) is 5.74. The quantitative estimate of drug-likeness (QED) is 0.796. The van der Waals surface area contributed by atoms with Crippen molar-refractivity contribution < 1.29 is 4.74 Å². The van der Waals surface area contributed by atoms with Gasteiger partial charge in [-0.3, -0.25) is 4.98 Å². The average molecular weight is 264 g/mol. The molecule has 0 saturated carbocycles. The normalized spacial score (nSPS) is 10.4. The van der Waals surface area contributed by atoms with Crippen LogP contribution in [0.2, 0.25) is 5.28 Å². The van der Waals surface area contributed by atoms with E-state index in [1.807, 2.05) is 32.9 Å². The molecule has 0 aromatic carbocycles. The number of pyridine rings is 1. The van der Waals surface area contributed by atoms with Crippen LogP contribution in [0.15, 0.2) is 18.2 Å². The molecule has 0 unspecified atom stereocenters. The minimum Gasteiger partial charge on any atom is -0.437 e. The molecule has 0 bridgehead atoms. The van der Waals surface area contributed by atoms with E-state index in [0.717, 1.165) is 23.5 Å². The number of halogens is 1. The van der Waals surface area contributed by atoms with Gasteiger partial charge >= 0.3 is 0 Å². The van der Waals surface area contributed by atoms with Crippen molar-refractivity contribution in [1.82, 2.24) is 15.0 Å². The van der Waals surface area contributed by atoms with Crippen molar-refractivity contribution in [2.45, 2.75) is 27.2 Å². The maximum absolute atomic E-state index is 5.80. The zero-order chi connectivity index (χ0) is 13.1. The largest absolute Gasteiger partial charge is 0.437 e. The Balaban J connectivity index is 2.33. The van der Waals surface area contributed by atoms with Gasteiger partial charge in [0.25, 0.3) is 0 Å². The lowest BCUT2D eigenvalue weighted by atomic mass is 10.2. The summed E-state index contributed by atoms with van der Waals surface area (Å²) in [6, 6.07) is 5.54. The number of rotatable bonds is 3. The summed E-state index contributed by atoms with van der Waals surface area (Å²) >= 11 is 5.80. The summed E-state index contributed by atoms with van der Waals surface area (Å²) in [5, 5.41) is 0.183. The molecule has 94 valence electrons. The Hall–Kier alpha value is -1.68. The zero-order valence-corrected chi connectivity index (χ0v) is 11.3. The van der Waals surface area contributed by atoms with E-state index in [1.54, 1.807) is 6.07 Å². The lowest BCUT2D eigenvalue weighted by molar-refractivity contribution is 0.452. The van der Waals surface area contributed by atoms with Crippen molar-refractivity contribution in [1.29, 1.82) is 0 Å². The molecule has 0 amide bonds. The van der Waals surface area contributed by atoms with Crippen molar-refractivity contribution in [3.05, 3.63) is 40.6 Å². The number of nitrogens with zero attached hydrogens (tertiary/aromatic N) is 3. The number of hydrogen-bond acceptors (Lipinski definition) is 4. The minimum absolute atomic E-state index is 0.183. The van der Waals surface area contributed by atoms with Crippen LogP contribution in [-0.4, -0.2) is 15.0 Å². The molecule has 0 fully saturated rings. The Labute approximate surface area is 111 Å². The van der Waals surface area contributed by atoms with E-state index in [2.05, 4.69) is 15.0 Å². The van der Waals surface area contributed by atoms with Crippen LogP contribution in [0.5, 0.6) is 11.6 Å². The molecule has 5 heteroatoms. The summed E-state index contributed by atoms with van der Waals surface area (Å²) in [4.78, 5) is 12.5. The van der Waals surface area contributed by atoms with Crippen molar-refractivity contribution in [2.24, 2.45) is 0 Å². The molecule has 2 heterocycles. The highest BCUT2D eigenvalue weighted by molar-refractivity contribution is 6.28. The van der Waals surface area contributed by atoms with Crippen LogP contribution in [0.3, 0.4) is 0 Å². The van der Waals surface area contributed by atoms with Gasteiger partial charge in [-0.25, -0.2) is 4.98 Å². The fourth-order valence-corrected chi connectivity index (χ4v) is 1.83. The lowest BCUT2D eigenvalue weighted by Gasteiger charge is -2.09. The molecular weight excluding hydrogens is 250 g/mol. The van der Waals surface area contributed by atoms with Gasteiger partial charge in [0.05, 0.1) is 5.69 Å². The zero-order valence-electron chi connectivity index (χ0n) is 10.6. The van der Waals surface area contributed by atoms with Gasteiger partial charge in [-0.05, 0) is 44.0 Å². The van der Waals surface area contributed by atoms with E-state index in [9.17, 15) is 0 Å². The first kappa shape index (κ1) is 12.8. The average Bonchev–Trinajstić information content (AvgIpc) is 2.30. The van der Waals surface area contributed by atoms with E-state index in [-0.39, 0.29) is 5.28 Å². The Kier molecular flexibility index (Phi) is 3.77. The molecule has 2 aromatic heterocycles. The first-order valence-corrected chi connectivity index (χ1v) is 6.12. The Bertz CT molecular complexity index is 552. The second-order valence-corrected chi connectivity index (χ2v) is 4.31. The fourth-order valence-electron chi connectivity index (χ4n) is 1.61. The van der Waals surface area contributed by atoms with Gasteiger partial charge in [-0.15, -0.1) is 0 Å². The standard InChI is InChI=1S/C13H14ClN3O/c1-4-10-11(6-5-8(2)15-10)18-12-7-9(3)16-13(14)17-12/h5-7H,4H2,1-3H3. The van der Waals surface area contributed by atoms with Crippen LogP contribution in [0, 0.1) is 13.8 Å². The van der Waals surface area contributed by atoms with E-state index in [0.29, 0.717) is 11.6 Å². The van der Waals surface area contributed by atoms with Gasteiger partial charge in [-0.2, -0.15) is 4.98 Å². The van der Waals surface area contributed by atoms with Crippen LogP contribution >= 0.6 is 11.6 Å². The maximum atomic E-state index is 5.80. The number of aryl methyl sites for hydroxylation is 3. The molecule has 0 spiro atoms. The van der Waals surface area contributed by atoms with Gasteiger partial charge in [0.1, 0.15) is 0 Å². The van der Waals surface area contributed by atoms with E-state index < -0.39 is 0 Å². The van der Waals surface area contributed by atoms with Crippen LogP contribution in [0.4, 0.5) is 0 Å². The number of hydrogen-bond donors (Lipinski definition) is 0. The van der Waals surface area contributed by atoms with Gasteiger partial charge in [-0.1, -0.05) is 6.92 Å². The smallest absolute Gasteiger partial charge is 0.225 e. The SMILES string of the molecule is CCc1nc(C)ccc1Oc1cc(C)nc(Cl)n1. The first-order chi connectivity index (χ1) is 8.58. The second kappa shape index (κ2) is 5.31. The van der Waals surface area contributed by atoms with Crippen molar-refractivity contribution >= 4 is 11.6 Å². The van der Waals surface area contributed by atoms with Crippen molar-refractivity contribution in [2.75, 3.05) is 0 Å². The highest BCUT2D eigenvalue weighted by atomic mass is 35.5. The molecule has 0 radical (unpaired) electrons. The Morgan fingerprint density at radius 3 is 2.56 bits per heavy atom. The Morgan fingerprint density at radius 2 is 1.89 bits per heavy atom. The summed E-state index contributed by atoms with van der Waals surface area (Å²) in [6.45, 7) is 5.83. The Morgan fingerprint density at radius 1 is 1.11 bits per heavy atom. The minimum atomic E-state index is 0.183. The third kappa shape index (κ3) is 2.96. The van der Waals surface area contributed by atoms with Crippen LogP contribution in [0.25, 0.3) is 0 Å². The molecule has 4 nitrogen and oxygen atoms in total. The summed E-state index contributed by atoms with van der Waals surface area (Å²) in [7, 11) is 0. The van der Waals surface area contributed by atoms with Gasteiger partial charge < -0.3 is 4.74 Å². The molecule has 0 aliphatic rings. The van der Waals surface area contributed by atoms with Crippen molar-refractivity contribution in [3.8, 4) is 11.6 Å². The highest BCUT2D eigenvalue weighted by Crippen LogP contribution is 2.24. The molecule has 0 atom stereocenters. The van der Waals surface area contributed by atoms with Crippen LogP contribution in [-0.2, 0) is 6.42 Å². The molecular formula is C13H14ClN3O. The van der Waals surface area contributed by atoms with E-state index in [4.69, 9.17) is 16.3 Å². The summed E-state index contributed by atoms with van der Waals surface area (Å²) < 4.78 is 5.72. The molecule has 0 aliphatic heterocycles. The number of ether oxygens (including phenoxy) is 1. The summed E-state index contributed by atoms with van der Waals surface area (Å²) in [5.74, 6) is 1.14. The van der Waals surface area contributed by atoms with Gasteiger partial charge in [0.2, 0.25) is 11.2 Å². The molecule has 2 aromatic rings. The monoisotopic (exact) mass is 263 g/mol. The molecule has 0 N–H and O–H groups in total. The fraction of sp³-hybridized carbons (Fsp3) is 0.308. The molecule has 2 rings (SSSR count). The molecule has 18 heavy (non-hydrogen) atoms. The highest BCUT2D eigenvalue weighted by Gasteiger charge is 2.08. The predicted molar refractivity (Wildman–Crippen MR) is 70.2 cm³/mol. The lowest BCUT2D eigenvalue weighted by Crippen LogP contribution is -1.98. The topological polar surface area (TPSA) is 47.9 Å². The molecule has 0 aliphatic carbocycles. The second-order valence-electron chi connectivity index (χ2n) is 3.97.